The van der Waals surface area contributed by atoms with E-state index in [2.05, 4.69) is 10.6 Å². The summed E-state index contributed by atoms with van der Waals surface area (Å²) in [6.45, 7) is 4.50. The number of carbonyl (C=O) groups excluding carboxylic acids is 2. The number of nitrogens with one attached hydrogen (secondary N) is 2. The lowest BCUT2D eigenvalue weighted by molar-refractivity contribution is -0.117. The van der Waals surface area contributed by atoms with Gasteiger partial charge in [-0.1, -0.05) is 0 Å². The van der Waals surface area contributed by atoms with Crippen LogP contribution in [-0.4, -0.2) is 30.6 Å². The van der Waals surface area contributed by atoms with Gasteiger partial charge in [-0.25, -0.2) is 4.79 Å². The second-order valence-corrected chi connectivity index (χ2v) is 5.17. The van der Waals surface area contributed by atoms with E-state index in [1.165, 1.54) is 0 Å². The van der Waals surface area contributed by atoms with Crippen LogP contribution in [0.1, 0.15) is 37.0 Å². The number of amides is 1. The molecule has 20 heavy (non-hydrogen) atoms. The van der Waals surface area contributed by atoms with E-state index < -0.39 is 0 Å². The number of ether oxygens (including phenoxy) is 1. The first kappa shape index (κ1) is 14.5. The summed E-state index contributed by atoms with van der Waals surface area (Å²) < 4.78 is 5.10. The van der Waals surface area contributed by atoms with Gasteiger partial charge >= 0.3 is 5.97 Å². The monoisotopic (exact) mass is 276 g/mol. The van der Waals surface area contributed by atoms with Gasteiger partial charge in [0.1, 0.15) is 0 Å². The summed E-state index contributed by atoms with van der Waals surface area (Å²) in [5, 5.41) is 5.98. The van der Waals surface area contributed by atoms with Crippen molar-refractivity contribution in [2.24, 2.45) is 0 Å². The minimum absolute atomic E-state index is 0.0278. The summed E-state index contributed by atoms with van der Waals surface area (Å²) in [6, 6.07) is 6.62. The third-order valence-corrected chi connectivity index (χ3v) is 3.11. The molecule has 1 aromatic rings. The fourth-order valence-corrected chi connectivity index (χ4v) is 2.11. The van der Waals surface area contributed by atoms with Crippen LogP contribution in [0.2, 0.25) is 0 Å². The topological polar surface area (TPSA) is 67.4 Å². The van der Waals surface area contributed by atoms with Gasteiger partial charge < -0.3 is 15.4 Å². The van der Waals surface area contributed by atoms with Crippen molar-refractivity contribution in [2.75, 3.05) is 11.9 Å². The predicted octanol–water partition coefficient (Wildman–Crippen LogP) is 1.94. The average Bonchev–Trinajstić information content (AvgIpc) is 2.92. The molecule has 2 rings (SSSR count). The van der Waals surface area contributed by atoms with Crippen LogP contribution in [0.3, 0.4) is 0 Å². The van der Waals surface area contributed by atoms with Crippen molar-refractivity contribution in [3.8, 4) is 0 Å². The molecule has 0 saturated carbocycles. The Morgan fingerprint density at radius 1 is 1.30 bits per heavy atom. The van der Waals surface area contributed by atoms with E-state index >= 15 is 0 Å². The van der Waals surface area contributed by atoms with Crippen LogP contribution in [-0.2, 0) is 9.53 Å². The lowest BCUT2D eigenvalue weighted by atomic mass is 10.2. The second-order valence-electron chi connectivity index (χ2n) is 5.17. The zero-order valence-corrected chi connectivity index (χ0v) is 11.8. The minimum atomic E-state index is -0.352. The number of hydrogen-bond acceptors (Lipinski definition) is 4. The van der Waals surface area contributed by atoms with Crippen LogP contribution in [0, 0.1) is 0 Å². The number of carbonyl (C=O) groups is 2. The fourth-order valence-electron chi connectivity index (χ4n) is 2.11. The van der Waals surface area contributed by atoms with Crippen molar-refractivity contribution >= 4 is 17.6 Å². The molecule has 1 aliphatic heterocycles. The van der Waals surface area contributed by atoms with Crippen molar-refractivity contribution < 1.29 is 14.3 Å². The van der Waals surface area contributed by atoms with Crippen LogP contribution in [0.25, 0.3) is 0 Å². The van der Waals surface area contributed by atoms with E-state index in [4.69, 9.17) is 4.74 Å². The minimum Gasteiger partial charge on any atom is -0.459 e. The standard InChI is InChI=1S/C15H20N2O3/c1-10(2)20-15(19)11-5-7-12(8-6-11)17-14(18)13-4-3-9-16-13/h5-8,10,13,16H,3-4,9H2,1-2H3,(H,17,18)/t13-/m1/s1. The van der Waals surface area contributed by atoms with Crippen LogP contribution < -0.4 is 10.6 Å². The van der Waals surface area contributed by atoms with Gasteiger partial charge in [-0.15, -0.1) is 0 Å². The highest BCUT2D eigenvalue weighted by Gasteiger charge is 2.21. The van der Waals surface area contributed by atoms with Gasteiger partial charge in [0.2, 0.25) is 5.91 Å². The molecular formula is C15H20N2O3. The van der Waals surface area contributed by atoms with Gasteiger partial charge in [0.05, 0.1) is 17.7 Å². The molecule has 0 unspecified atom stereocenters. The maximum atomic E-state index is 11.9. The molecule has 0 spiro atoms. The first-order valence-corrected chi connectivity index (χ1v) is 6.91. The molecule has 0 aliphatic carbocycles. The van der Waals surface area contributed by atoms with Gasteiger partial charge in [0.15, 0.2) is 0 Å². The van der Waals surface area contributed by atoms with E-state index in [0.29, 0.717) is 11.3 Å². The summed E-state index contributed by atoms with van der Waals surface area (Å²) in [4.78, 5) is 23.6. The largest absolute Gasteiger partial charge is 0.459 e. The van der Waals surface area contributed by atoms with Crippen molar-refractivity contribution in [1.82, 2.24) is 5.32 Å². The Morgan fingerprint density at radius 2 is 2.00 bits per heavy atom. The Bertz CT molecular complexity index is 476. The van der Waals surface area contributed by atoms with Crippen molar-refractivity contribution in [2.45, 2.75) is 38.8 Å². The zero-order valence-electron chi connectivity index (χ0n) is 11.8. The summed E-state index contributed by atoms with van der Waals surface area (Å²) in [5.74, 6) is -0.379. The fraction of sp³-hybridized carbons (Fsp3) is 0.467. The number of esters is 1. The van der Waals surface area contributed by atoms with Gasteiger partial charge in [-0.2, -0.15) is 0 Å². The molecule has 1 atom stereocenters. The Kier molecular flexibility index (Phi) is 4.74. The quantitative estimate of drug-likeness (QED) is 0.825. The van der Waals surface area contributed by atoms with Crippen LogP contribution >= 0.6 is 0 Å². The van der Waals surface area contributed by atoms with Crippen molar-refractivity contribution in [3.63, 3.8) is 0 Å². The van der Waals surface area contributed by atoms with Crippen LogP contribution in [0.15, 0.2) is 24.3 Å². The first-order chi connectivity index (χ1) is 9.56. The van der Waals surface area contributed by atoms with Crippen molar-refractivity contribution in [1.29, 1.82) is 0 Å². The maximum absolute atomic E-state index is 11.9. The number of rotatable bonds is 4. The van der Waals surface area contributed by atoms with Gasteiger partial charge in [0.25, 0.3) is 0 Å². The highest BCUT2D eigenvalue weighted by molar-refractivity contribution is 5.96. The third-order valence-electron chi connectivity index (χ3n) is 3.11. The average molecular weight is 276 g/mol. The third kappa shape index (κ3) is 3.81. The smallest absolute Gasteiger partial charge is 0.338 e. The number of anilines is 1. The number of benzene rings is 1. The Balaban J connectivity index is 1.94. The molecule has 108 valence electrons. The molecule has 0 bridgehead atoms. The summed E-state index contributed by atoms with van der Waals surface area (Å²) >= 11 is 0. The van der Waals surface area contributed by atoms with E-state index in [-0.39, 0.29) is 24.0 Å². The molecular weight excluding hydrogens is 256 g/mol. The first-order valence-electron chi connectivity index (χ1n) is 6.91. The van der Waals surface area contributed by atoms with Gasteiger partial charge in [0, 0.05) is 5.69 Å². The Morgan fingerprint density at radius 3 is 2.55 bits per heavy atom. The van der Waals surface area contributed by atoms with Crippen LogP contribution in [0.4, 0.5) is 5.69 Å². The molecule has 5 heteroatoms. The van der Waals surface area contributed by atoms with E-state index in [9.17, 15) is 9.59 Å². The van der Waals surface area contributed by atoms with E-state index in [1.807, 2.05) is 0 Å². The normalized spacial score (nSPS) is 18.1. The lowest BCUT2D eigenvalue weighted by Crippen LogP contribution is -2.35. The molecule has 2 N–H and O–H groups in total. The molecule has 0 aromatic heterocycles. The van der Waals surface area contributed by atoms with Gasteiger partial charge in [-0.3, -0.25) is 4.79 Å². The molecule has 1 heterocycles. The molecule has 1 amide bonds. The molecule has 5 nitrogen and oxygen atoms in total. The summed E-state index contributed by atoms with van der Waals surface area (Å²) in [5.41, 5.74) is 1.17. The summed E-state index contributed by atoms with van der Waals surface area (Å²) in [6.07, 6.45) is 1.75. The highest BCUT2D eigenvalue weighted by atomic mass is 16.5. The molecule has 1 aliphatic rings. The summed E-state index contributed by atoms with van der Waals surface area (Å²) in [7, 11) is 0. The molecule has 0 radical (unpaired) electrons. The predicted molar refractivity (Wildman–Crippen MR) is 76.6 cm³/mol. The van der Waals surface area contributed by atoms with E-state index in [1.54, 1.807) is 38.1 Å². The highest BCUT2D eigenvalue weighted by Crippen LogP contribution is 2.13. The Labute approximate surface area is 118 Å². The second kappa shape index (κ2) is 6.52. The maximum Gasteiger partial charge on any atom is 0.338 e. The van der Waals surface area contributed by atoms with Crippen LogP contribution in [0.5, 0.6) is 0 Å². The van der Waals surface area contributed by atoms with E-state index in [0.717, 1.165) is 19.4 Å². The lowest BCUT2D eigenvalue weighted by Gasteiger charge is -2.12. The number of hydrogen-bond donors (Lipinski definition) is 2. The molecule has 1 aromatic carbocycles. The SMILES string of the molecule is CC(C)OC(=O)c1ccc(NC(=O)[C@H]2CCCN2)cc1. The van der Waals surface area contributed by atoms with Gasteiger partial charge in [-0.05, 0) is 57.5 Å². The Hall–Kier alpha value is -1.88. The molecule has 1 fully saturated rings. The molecule has 1 saturated heterocycles. The van der Waals surface area contributed by atoms with Crippen molar-refractivity contribution in [3.05, 3.63) is 29.8 Å². The zero-order chi connectivity index (χ0) is 14.5.